The molecule has 0 radical (unpaired) electrons. The number of hydrogen-bond donors (Lipinski definition) is 0. The molecule has 0 N–H and O–H groups in total. The lowest BCUT2D eigenvalue weighted by molar-refractivity contribution is -0.400. The van der Waals surface area contributed by atoms with E-state index >= 15 is 0 Å². The van der Waals surface area contributed by atoms with Crippen molar-refractivity contribution in [3.63, 3.8) is 0 Å². The quantitative estimate of drug-likeness (QED) is 0.568. The SMILES string of the molecule is Cc1cccc(Sc2c([N+](=O)[O-])cc(C(F)(F)F)cc2[N+](=O)[O-])c1. The van der Waals surface area contributed by atoms with Crippen LogP contribution in [0.15, 0.2) is 46.2 Å². The molecule has 0 fully saturated rings. The van der Waals surface area contributed by atoms with E-state index in [1.165, 1.54) is 0 Å². The molecule has 6 nitrogen and oxygen atoms in total. The first kappa shape index (κ1) is 17.7. The van der Waals surface area contributed by atoms with Gasteiger partial charge in [-0.25, -0.2) is 0 Å². The van der Waals surface area contributed by atoms with Crippen molar-refractivity contribution in [2.24, 2.45) is 0 Å². The summed E-state index contributed by atoms with van der Waals surface area (Å²) in [7, 11) is 0. The third-order valence-corrected chi connectivity index (χ3v) is 4.09. The summed E-state index contributed by atoms with van der Waals surface area (Å²) in [5.41, 5.74) is -2.54. The first-order chi connectivity index (χ1) is 11.1. The summed E-state index contributed by atoms with van der Waals surface area (Å²) in [6.07, 6.45) is -4.93. The minimum atomic E-state index is -4.93. The maximum atomic E-state index is 12.8. The lowest BCUT2D eigenvalue weighted by Crippen LogP contribution is -2.08. The molecule has 0 spiro atoms. The second-order valence-corrected chi connectivity index (χ2v) is 5.86. The predicted octanol–water partition coefficient (Wildman–Crippen LogP) is 4.98. The zero-order chi connectivity index (χ0) is 18.1. The highest BCUT2D eigenvalue weighted by Gasteiger charge is 2.37. The van der Waals surface area contributed by atoms with Gasteiger partial charge in [-0.05, 0) is 19.1 Å². The topological polar surface area (TPSA) is 86.3 Å². The van der Waals surface area contributed by atoms with E-state index in [-0.39, 0.29) is 0 Å². The summed E-state index contributed by atoms with van der Waals surface area (Å²) in [6.45, 7) is 1.75. The summed E-state index contributed by atoms with van der Waals surface area (Å²) in [6, 6.07) is 7.19. The second kappa shape index (κ2) is 6.48. The molecule has 126 valence electrons. The molecule has 0 heterocycles. The van der Waals surface area contributed by atoms with Crippen LogP contribution >= 0.6 is 11.8 Å². The third-order valence-electron chi connectivity index (χ3n) is 2.98. The summed E-state index contributed by atoms with van der Waals surface area (Å²) in [4.78, 5) is 20.2. The zero-order valence-electron chi connectivity index (χ0n) is 12.0. The molecule has 0 unspecified atom stereocenters. The molecule has 0 saturated carbocycles. The van der Waals surface area contributed by atoms with Crippen molar-refractivity contribution in [2.45, 2.75) is 22.9 Å². The molecule has 2 aromatic carbocycles. The highest BCUT2D eigenvalue weighted by Crippen LogP contribution is 2.45. The van der Waals surface area contributed by atoms with E-state index < -0.39 is 37.9 Å². The van der Waals surface area contributed by atoms with Crippen LogP contribution in [0.25, 0.3) is 0 Å². The largest absolute Gasteiger partial charge is 0.416 e. The Balaban J connectivity index is 2.68. The number of halogens is 3. The first-order valence-electron chi connectivity index (χ1n) is 6.38. The number of nitro groups is 2. The van der Waals surface area contributed by atoms with Crippen molar-refractivity contribution >= 4 is 23.1 Å². The van der Waals surface area contributed by atoms with Gasteiger partial charge < -0.3 is 0 Å². The lowest BCUT2D eigenvalue weighted by atomic mass is 10.1. The summed E-state index contributed by atoms with van der Waals surface area (Å²) >= 11 is 0.680. The van der Waals surface area contributed by atoms with E-state index in [0.717, 1.165) is 5.56 Å². The molecular formula is C14H9F3N2O4S. The van der Waals surface area contributed by atoms with Crippen LogP contribution in [0.4, 0.5) is 24.5 Å². The Morgan fingerprint density at radius 3 is 1.96 bits per heavy atom. The Labute approximate surface area is 137 Å². The van der Waals surface area contributed by atoms with Gasteiger partial charge in [0.1, 0.15) is 0 Å². The van der Waals surface area contributed by atoms with Gasteiger partial charge in [-0.3, -0.25) is 20.2 Å². The number of alkyl halides is 3. The van der Waals surface area contributed by atoms with Gasteiger partial charge >= 0.3 is 6.18 Å². The number of benzene rings is 2. The van der Waals surface area contributed by atoms with Gasteiger partial charge in [-0.15, -0.1) is 0 Å². The fourth-order valence-electron chi connectivity index (χ4n) is 1.93. The number of hydrogen-bond acceptors (Lipinski definition) is 5. The van der Waals surface area contributed by atoms with Crippen molar-refractivity contribution < 1.29 is 23.0 Å². The molecule has 10 heteroatoms. The Hall–Kier alpha value is -2.62. The molecule has 0 aromatic heterocycles. The lowest BCUT2D eigenvalue weighted by Gasteiger charge is -2.10. The van der Waals surface area contributed by atoms with Crippen molar-refractivity contribution in [2.75, 3.05) is 0 Å². The third kappa shape index (κ3) is 3.82. The molecule has 2 aromatic rings. The zero-order valence-corrected chi connectivity index (χ0v) is 12.9. The average molecular weight is 358 g/mol. The second-order valence-electron chi connectivity index (χ2n) is 4.77. The number of nitro benzene ring substituents is 2. The Morgan fingerprint density at radius 1 is 1.00 bits per heavy atom. The predicted molar refractivity (Wildman–Crippen MR) is 80.1 cm³/mol. The number of rotatable bonds is 4. The average Bonchev–Trinajstić information content (AvgIpc) is 2.45. The normalized spacial score (nSPS) is 11.3. The van der Waals surface area contributed by atoms with E-state index in [4.69, 9.17) is 0 Å². The molecular weight excluding hydrogens is 349 g/mol. The first-order valence-corrected chi connectivity index (χ1v) is 7.20. The summed E-state index contributed by atoms with van der Waals surface area (Å²) < 4.78 is 38.5. The Bertz CT molecular complexity index is 789. The van der Waals surface area contributed by atoms with Crippen molar-refractivity contribution in [1.82, 2.24) is 0 Å². The fraction of sp³-hybridized carbons (Fsp3) is 0.143. The van der Waals surface area contributed by atoms with Gasteiger partial charge in [0.25, 0.3) is 11.4 Å². The molecule has 2 rings (SSSR count). The monoisotopic (exact) mass is 358 g/mol. The maximum Gasteiger partial charge on any atom is 0.416 e. The van der Waals surface area contributed by atoms with E-state index in [1.807, 2.05) is 0 Å². The van der Waals surface area contributed by atoms with Crippen molar-refractivity contribution in [3.8, 4) is 0 Å². The standard InChI is InChI=1S/C14H9F3N2O4S/c1-8-3-2-4-10(5-8)24-13-11(18(20)21)6-9(14(15,16)17)7-12(13)19(22)23/h2-7H,1H3. The molecule has 0 saturated heterocycles. The van der Waals surface area contributed by atoms with Crippen LogP contribution in [0, 0.1) is 27.2 Å². The molecule has 0 atom stereocenters. The number of nitrogens with zero attached hydrogens (tertiary/aromatic N) is 2. The van der Waals surface area contributed by atoms with E-state index in [9.17, 15) is 33.4 Å². The number of aryl methyl sites for hydroxylation is 1. The van der Waals surface area contributed by atoms with Gasteiger partial charge in [0, 0.05) is 17.0 Å². The van der Waals surface area contributed by atoms with Gasteiger partial charge in [0.15, 0.2) is 4.90 Å². The fourth-order valence-corrected chi connectivity index (χ4v) is 3.04. The highest BCUT2D eigenvalue weighted by molar-refractivity contribution is 7.99. The van der Waals surface area contributed by atoms with Crippen LogP contribution in [0.5, 0.6) is 0 Å². The highest BCUT2D eigenvalue weighted by atomic mass is 32.2. The van der Waals surface area contributed by atoms with Crippen LogP contribution < -0.4 is 0 Å². The van der Waals surface area contributed by atoms with E-state index in [1.54, 1.807) is 31.2 Å². The molecule has 0 aliphatic heterocycles. The van der Waals surface area contributed by atoms with E-state index in [2.05, 4.69) is 0 Å². The van der Waals surface area contributed by atoms with Crippen LogP contribution in [-0.4, -0.2) is 9.85 Å². The van der Waals surface area contributed by atoms with Crippen LogP contribution in [0.1, 0.15) is 11.1 Å². The van der Waals surface area contributed by atoms with Crippen LogP contribution in [-0.2, 0) is 6.18 Å². The van der Waals surface area contributed by atoms with Gasteiger partial charge in [0.2, 0.25) is 0 Å². The summed E-state index contributed by atoms with van der Waals surface area (Å²) in [5.74, 6) is 0. The smallest absolute Gasteiger partial charge is 0.258 e. The van der Waals surface area contributed by atoms with Gasteiger partial charge in [-0.2, -0.15) is 13.2 Å². The maximum absolute atomic E-state index is 12.8. The Morgan fingerprint density at radius 2 is 1.54 bits per heavy atom. The van der Waals surface area contributed by atoms with Crippen LogP contribution in [0.3, 0.4) is 0 Å². The Kier molecular flexibility index (Phi) is 4.78. The molecule has 24 heavy (non-hydrogen) atoms. The van der Waals surface area contributed by atoms with Crippen molar-refractivity contribution in [1.29, 1.82) is 0 Å². The van der Waals surface area contributed by atoms with E-state index in [0.29, 0.717) is 28.8 Å². The van der Waals surface area contributed by atoms with Crippen LogP contribution in [0.2, 0.25) is 0 Å². The van der Waals surface area contributed by atoms with Crippen molar-refractivity contribution in [3.05, 3.63) is 67.8 Å². The minimum absolute atomic E-state index is 0.311. The molecule has 0 aliphatic rings. The molecule has 0 bridgehead atoms. The van der Waals surface area contributed by atoms with Gasteiger partial charge in [-0.1, -0.05) is 29.5 Å². The summed E-state index contributed by atoms with van der Waals surface area (Å²) in [5, 5.41) is 22.3. The minimum Gasteiger partial charge on any atom is -0.258 e. The molecule has 0 aliphatic carbocycles. The van der Waals surface area contributed by atoms with Gasteiger partial charge in [0.05, 0.1) is 15.4 Å². The molecule has 0 amide bonds.